The van der Waals surface area contributed by atoms with Crippen LogP contribution in [0.2, 0.25) is 0 Å². The lowest BCUT2D eigenvalue weighted by atomic mass is 10.2. The third-order valence-electron chi connectivity index (χ3n) is 3.13. The van der Waals surface area contributed by atoms with Gasteiger partial charge in [-0.1, -0.05) is 19.9 Å². The Labute approximate surface area is 134 Å². The van der Waals surface area contributed by atoms with E-state index in [0.29, 0.717) is 11.4 Å². The van der Waals surface area contributed by atoms with E-state index in [1.54, 1.807) is 18.3 Å². The summed E-state index contributed by atoms with van der Waals surface area (Å²) >= 11 is 0. The van der Waals surface area contributed by atoms with Gasteiger partial charge in [-0.3, -0.25) is 9.78 Å². The Bertz CT molecular complexity index is 771. The minimum atomic E-state index is -4.00. The maximum absolute atomic E-state index is 12.7. The maximum atomic E-state index is 12.7. The van der Waals surface area contributed by atoms with Crippen molar-refractivity contribution in [1.82, 2.24) is 19.3 Å². The SMILES string of the molecule is CC(C)c1ncc(S(=O)(=O)N(CC(=O)O)Cc2cccnc2)[nH]1. The van der Waals surface area contributed by atoms with E-state index < -0.39 is 22.5 Å². The first-order valence-corrected chi connectivity index (χ1v) is 8.40. The Balaban J connectivity index is 2.34. The fourth-order valence-corrected chi connectivity index (χ4v) is 3.25. The van der Waals surface area contributed by atoms with Crippen molar-refractivity contribution in [1.29, 1.82) is 0 Å². The van der Waals surface area contributed by atoms with Gasteiger partial charge in [0.05, 0.1) is 6.20 Å². The number of imidazole rings is 1. The van der Waals surface area contributed by atoms with E-state index in [0.717, 1.165) is 4.31 Å². The molecular formula is C14H18N4O4S. The molecule has 2 rings (SSSR count). The molecule has 2 aromatic rings. The standard InChI is InChI=1S/C14H18N4O4S/c1-10(2)14-16-7-12(17-14)23(21,22)18(9-13(19)20)8-11-4-3-5-15-6-11/h3-7,10H,8-9H2,1-2H3,(H,16,17)(H,19,20). The van der Waals surface area contributed by atoms with Crippen LogP contribution in [0.5, 0.6) is 0 Å². The van der Waals surface area contributed by atoms with Crippen molar-refractivity contribution in [2.45, 2.75) is 31.3 Å². The number of aliphatic carboxylic acids is 1. The second kappa shape index (κ2) is 6.88. The lowest BCUT2D eigenvalue weighted by molar-refractivity contribution is -0.137. The Morgan fingerprint density at radius 2 is 2.13 bits per heavy atom. The number of H-pyrrole nitrogens is 1. The molecule has 0 amide bonds. The Morgan fingerprint density at radius 3 is 2.65 bits per heavy atom. The van der Waals surface area contributed by atoms with Crippen molar-refractivity contribution in [2.75, 3.05) is 6.54 Å². The summed E-state index contributed by atoms with van der Waals surface area (Å²) in [6, 6.07) is 3.35. The van der Waals surface area contributed by atoms with Crippen molar-refractivity contribution in [2.24, 2.45) is 0 Å². The number of hydrogen-bond acceptors (Lipinski definition) is 5. The number of carboxylic acids is 1. The number of nitrogens with zero attached hydrogens (tertiary/aromatic N) is 3. The molecule has 0 fully saturated rings. The predicted molar refractivity (Wildman–Crippen MR) is 82.1 cm³/mol. The molecule has 0 aliphatic carbocycles. The Morgan fingerprint density at radius 1 is 1.39 bits per heavy atom. The van der Waals surface area contributed by atoms with Gasteiger partial charge < -0.3 is 10.1 Å². The number of hydrogen-bond donors (Lipinski definition) is 2. The highest BCUT2D eigenvalue weighted by Crippen LogP contribution is 2.19. The number of carbonyl (C=O) groups is 1. The topological polar surface area (TPSA) is 116 Å². The van der Waals surface area contributed by atoms with Crippen LogP contribution in [0.3, 0.4) is 0 Å². The van der Waals surface area contributed by atoms with Crippen LogP contribution in [0.15, 0.2) is 35.7 Å². The van der Waals surface area contributed by atoms with Gasteiger partial charge in [0, 0.05) is 24.9 Å². The van der Waals surface area contributed by atoms with Gasteiger partial charge >= 0.3 is 5.97 Å². The average molecular weight is 338 g/mol. The first-order chi connectivity index (χ1) is 10.8. The molecule has 2 aromatic heterocycles. The molecule has 0 aromatic carbocycles. The lowest BCUT2D eigenvalue weighted by Gasteiger charge is -2.19. The maximum Gasteiger partial charge on any atom is 0.318 e. The minimum absolute atomic E-state index is 0.0326. The predicted octanol–water partition coefficient (Wildman–Crippen LogP) is 1.20. The summed E-state index contributed by atoms with van der Waals surface area (Å²) in [5.74, 6) is -0.675. The van der Waals surface area contributed by atoms with Crippen LogP contribution in [0.25, 0.3) is 0 Å². The van der Waals surface area contributed by atoms with Crippen molar-refractivity contribution in [3.8, 4) is 0 Å². The third-order valence-corrected chi connectivity index (χ3v) is 4.83. The molecular weight excluding hydrogens is 320 g/mol. The molecule has 0 radical (unpaired) electrons. The van der Waals surface area contributed by atoms with E-state index in [4.69, 9.17) is 5.11 Å². The summed E-state index contributed by atoms with van der Waals surface area (Å²) in [4.78, 5) is 21.7. The van der Waals surface area contributed by atoms with Gasteiger partial charge in [-0.05, 0) is 11.6 Å². The molecule has 0 aliphatic rings. The summed E-state index contributed by atoms with van der Waals surface area (Å²) in [7, 11) is -4.00. The summed E-state index contributed by atoms with van der Waals surface area (Å²) in [5.41, 5.74) is 0.598. The van der Waals surface area contributed by atoms with E-state index in [2.05, 4.69) is 15.0 Å². The van der Waals surface area contributed by atoms with Crippen LogP contribution in [0.1, 0.15) is 31.2 Å². The molecule has 8 nitrogen and oxygen atoms in total. The third kappa shape index (κ3) is 4.14. The van der Waals surface area contributed by atoms with E-state index in [1.807, 2.05) is 13.8 Å². The molecule has 124 valence electrons. The largest absolute Gasteiger partial charge is 0.480 e. The molecule has 0 atom stereocenters. The van der Waals surface area contributed by atoms with Gasteiger partial charge in [-0.25, -0.2) is 13.4 Å². The van der Waals surface area contributed by atoms with Crippen molar-refractivity contribution < 1.29 is 18.3 Å². The van der Waals surface area contributed by atoms with E-state index >= 15 is 0 Å². The molecule has 0 saturated carbocycles. The normalized spacial score (nSPS) is 12.0. The van der Waals surface area contributed by atoms with Gasteiger partial charge in [0.15, 0.2) is 5.03 Å². The average Bonchev–Trinajstić information content (AvgIpc) is 2.98. The van der Waals surface area contributed by atoms with Crippen LogP contribution in [0.4, 0.5) is 0 Å². The molecule has 0 spiro atoms. The molecule has 0 unspecified atom stereocenters. The molecule has 0 aliphatic heterocycles. The first-order valence-electron chi connectivity index (χ1n) is 6.96. The van der Waals surface area contributed by atoms with Gasteiger partial charge in [0.1, 0.15) is 12.4 Å². The first kappa shape index (κ1) is 17.1. The van der Waals surface area contributed by atoms with Crippen molar-refractivity contribution >= 4 is 16.0 Å². The van der Waals surface area contributed by atoms with Crippen LogP contribution in [-0.4, -0.2) is 45.3 Å². The fraction of sp³-hybridized carbons (Fsp3) is 0.357. The van der Waals surface area contributed by atoms with Gasteiger partial charge in [0.25, 0.3) is 10.0 Å². The summed E-state index contributed by atoms with van der Waals surface area (Å²) in [6.45, 7) is 3.02. The quantitative estimate of drug-likeness (QED) is 0.783. The van der Waals surface area contributed by atoms with Gasteiger partial charge in [-0.2, -0.15) is 4.31 Å². The molecule has 0 saturated heterocycles. The number of aromatic nitrogens is 3. The zero-order valence-electron chi connectivity index (χ0n) is 12.8. The lowest BCUT2D eigenvalue weighted by Crippen LogP contribution is -2.35. The molecule has 23 heavy (non-hydrogen) atoms. The smallest absolute Gasteiger partial charge is 0.318 e. The Hall–Kier alpha value is -2.26. The number of aromatic amines is 1. The summed E-state index contributed by atoms with van der Waals surface area (Å²) in [5, 5.41) is 8.90. The van der Waals surface area contributed by atoms with Gasteiger partial charge in [0.2, 0.25) is 0 Å². The molecule has 9 heteroatoms. The second-order valence-electron chi connectivity index (χ2n) is 5.32. The zero-order chi connectivity index (χ0) is 17.0. The fourth-order valence-electron chi connectivity index (χ4n) is 1.95. The highest BCUT2D eigenvalue weighted by Gasteiger charge is 2.29. The van der Waals surface area contributed by atoms with Gasteiger partial charge in [-0.15, -0.1) is 0 Å². The number of carboxylic acid groups (broad SMARTS) is 1. The molecule has 2 heterocycles. The number of nitrogens with one attached hydrogen (secondary N) is 1. The van der Waals surface area contributed by atoms with Crippen molar-refractivity contribution in [3.63, 3.8) is 0 Å². The number of pyridine rings is 1. The minimum Gasteiger partial charge on any atom is -0.480 e. The summed E-state index contributed by atoms with van der Waals surface area (Å²) in [6.07, 6.45) is 4.27. The van der Waals surface area contributed by atoms with E-state index in [9.17, 15) is 13.2 Å². The molecule has 2 N–H and O–H groups in total. The number of sulfonamides is 1. The van der Waals surface area contributed by atoms with E-state index in [1.165, 1.54) is 12.4 Å². The number of rotatable bonds is 7. The monoisotopic (exact) mass is 338 g/mol. The van der Waals surface area contributed by atoms with E-state index in [-0.39, 0.29) is 17.5 Å². The second-order valence-corrected chi connectivity index (χ2v) is 7.22. The van der Waals surface area contributed by atoms with Crippen LogP contribution < -0.4 is 0 Å². The van der Waals surface area contributed by atoms with Crippen LogP contribution in [0, 0.1) is 0 Å². The highest BCUT2D eigenvalue weighted by molar-refractivity contribution is 7.89. The van der Waals surface area contributed by atoms with Crippen molar-refractivity contribution in [3.05, 3.63) is 42.1 Å². The van der Waals surface area contributed by atoms with Crippen LogP contribution >= 0.6 is 0 Å². The molecule has 0 bridgehead atoms. The Kier molecular flexibility index (Phi) is 5.12. The van der Waals surface area contributed by atoms with Crippen LogP contribution in [-0.2, 0) is 21.4 Å². The summed E-state index contributed by atoms with van der Waals surface area (Å²) < 4.78 is 26.2. The highest BCUT2D eigenvalue weighted by atomic mass is 32.2. The zero-order valence-corrected chi connectivity index (χ0v) is 13.6.